The molecule has 0 aromatic carbocycles. The van der Waals surface area contributed by atoms with Gasteiger partial charge in [0.25, 0.3) is 5.91 Å². The van der Waals surface area contributed by atoms with Gasteiger partial charge in [0.05, 0.1) is 19.8 Å². The smallest absolute Gasteiger partial charge is 0.300 e. The topological polar surface area (TPSA) is 90.9 Å². The van der Waals surface area contributed by atoms with Crippen molar-refractivity contribution in [2.45, 2.75) is 6.92 Å². The van der Waals surface area contributed by atoms with Gasteiger partial charge in [-0.3, -0.25) is 10.1 Å². The molecule has 100 valence electrons. The Morgan fingerprint density at radius 2 is 2.22 bits per heavy atom. The number of hydrogen-bond acceptors (Lipinski definition) is 6. The fourth-order valence-corrected chi connectivity index (χ4v) is 1.73. The van der Waals surface area contributed by atoms with E-state index in [-0.39, 0.29) is 17.6 Å². The first-order chi connectivity index (χ1) is 8.79. The molecule has 2 heterocycles. The van der Waals surface area contributed by atoms with E-state index in [2.05, 4.69) is 20.3 Å². The number of nitrogens with one attached hydrogen (secondary N) is 2. The van der Waals surface area contributed by atoms with Crippen LogP contribution in [-0.2, 0) is 9.53 Å². The van der Waals surface area contributed by atoms with Crippen LogP contribution in [-0.4, -0.2) is 55.7 Å². The van der Waals surface area contributed by atoms with Gasteiger partial charge in [-0.25, -0.2) is 4.63 Å². The van der Waals surface area contributed by atoms with Crippen molar-refractivity contribution in [2.24, 2.45) is 0 Å². The summed E-state index contributed by atoms with van der Waals surface area (Å²) >= 11 is 0. The molecule has 2 N–H and O–H groups in total. The van der Waals surface area contributed by atoms with Crippen LogP contribution >= 0.6 is 0 Å². The molecule has 1 aromatic heterocycles. The van der Waals surface area contributed by atoms with E-state index in [4.69, 9.17) is 9.47 Å². The average molecular weight is 257 g/mol. The van der Waals surface area contributed by atoms with Gasteiger partial charge in [0.15, 0.2) is 6.54 Å². The van der Waals surface area contributed by atoms with Crippen LogP contribution in [0.1, 0.15) is 6.92 Å². The highest BCUT2D eigenvalue weighted by Crippen LogP contribution is 2.17. The summed E-state index contributed by atoms with van der Waals surface area (Å²) in [5.74, 6) is 0.306. The van der Waals surface area contributed by atoms with Crippen LogP contribution in [0.15, 0.2) is 4.63 Å². The fraction of sp³-hybridized carbons (Fsp3) is 0.700. The lowest BCUT2D eigenvalue weighted by molar-refractivity contribution is -0.899. The SMILES string of the molecule is CCOc1nonc1NC(=O)C[NH+]1CCOCC1. The molecular formula is C10H17N4O4+. The highest BCUT2D eigenvalue weighted by atomic mass is 16.6. The minimum atomic E-state index is -0.136. The number of amides is 1. The summed E-state index contributed by atoms with van der Waals surface area (Å²) in [6.45, 7) is 5.69. The molecular weight excluding hydrogens is 240 g/mol. The van der Waals surface area contributed by atoms with Crippen molar-refractivity contribution >= 4 is 11.7 Å². The van der Waals surface area contributed by atoms with Gasteiger partial charge < -0.3 is 14.4 Å². The molecule has 18 heavy (non-hydrogen) atoms. The molecule has 1 aliphatic heterocycles. The molecule has 1 aromatic rings. The maximum Gasteiger partial charge on any atom is 0.300 e. The summed E-state index contributed by atoms with van der Waals surface area (Å²) in [5.41, 5.74) is 0. The second-order valence-corrected chi connectivity index (χ2v) is 3.94. The predicted octanol–water partition coefficient (Wildman–Crippen LogP) is -1.68. The third-order valence-corrected chi connectivity index (χ3v) is 2.61. The number of hydrogen-bond donors (Lipinski definition) is 2. The molecule has 0 unspecified atom stereocenters. The summed E-state index contributed by atoms with van der Waals surface area (Å²) < 4.78 is 14.9. The molecule has 1 fully saturated rings. The van der Waals surface area contributed by atoms with Crippen LogP contribution in [0.3, 0.4) is 0 Å². The molecule has 0 atom stereocenters. The minimum absolute atomic E-state index is 0.136. The Morgan fingerprint density at radius 1 is 1.44 bits per heavy atom. The van der Waals surface area contributed by atoms with Crippen LogP contribution in [0.5, 0.6) is 5.88 Å². The monoisotopic (exact) mass is 257 g/mol. The number of quaternary nitrogens is 1. The van der Waals surface area contributed by atoms with E-state index in [0.717, 1.165) is 13.1 Å². The predicted molar refractivity (Wildman–Crippen MR) is 60.5 cm³/mol. The van der Waals surface area contributed by atoms with Gasteiger partial charge in [0.1, 0.15) is 13.1 Å². The number of carbonyl (C=O) groups excluding carboxylic acids is 1. The van der Waals surface area contributed by atoms with Crippen molar-refractivity contribution in [3.05, 3.63) is 0 Å². The van der Waals surface area contributed by atoms with Crippen molar-refractivity contribution in [1.29, 1.82) is 0 Å². The van der Waals surface area contributed by atoms with Crippen LogP contribution < -0.4 is 15.0 Å². The number of morpholine rings is 1. The highest BCUT2D eigenvalue weighted by Gasteiger charge is 2.20. The summed E-state index contributed by atoms with van der Waals surface area (Å²) in [6, 6.07) is 0. The summed E-state index contributed by atoms with van der Waals surface area (Å²) in [6.07, 6.45) is 0. The summed E-state index contributed by atoms with van der Waals surface area (Å²) in [4.78, 5) is 13.0. The molecule has 8 heteroatoms. The third-order valence-electron chi connectivity index (χ3n) is 2.61. The molecule has 0 saturated carbocycles. The van der Waals surface area contributed by atoms with E-state index in [1.807, 2.05) is 6.92 Å². The first kappa shape index (κ1) is 12.8. The number of rotatable bonds is 5. The van der Waals surface area contributed by atoms with E-state index in [0.29, 0.717) is 26.4 Å². The lowest BCUT2D eigenvalue weighted by atomic mass is 10.4. The number of anilines is 1. The van der Waals surface area contributed by atoms with Crippen molar-refractivity contribution in [3.63, 3.8) is 0 Å². The van der Waals surface area contributed by atoms with Gasteiger partial charge in [-0.05, 0) is 17.2 Å². The van der Waals surface area contributed by atoms with Crippen LogP contribution in [0.2, 0.25) is 0 Å². The van der Waals surface area contributed by atoms with E-state index < -0.39 is 0 Å². The van der Waals surface area contributed by atoms with Gasteiger partial charge in [-0.15, -0.1) is 0 Å². The molecule has 0 aliphatic carbocycles. The molecule has 0 spiro atoms. The van der Waals surface area contributed by atoms with Crippen LogP contribution in [0, 0.1) is 0 Å². The fourth-order valence-electron chi connectivity index (χ4n) is 1.73. The zero-order valence-corrected chi connectivity index (χ0v) is 10.3. The van der Waals surface area contributed by atoms with Crippen molar-refractivity contribution in [2.75, 3.05) is 44.8 Å². The Morgan fingerprint density at radius 3 is 2.94 bits per heavy atom. The number of ether oxygens (including phenoxy) is 2. The summed E-state index contributed by atoms with van der Waals surface area (Å²) in [5, 5.41) is 9.78. The molecule has 1 saturated heterocycles. The van der Waals surface area contributed by atoms with Gasteiger partial charge in [-0.2, -0.15) is 0 Å². The molecule has 1 amide bonds. The number of nitrogens with zero attached hydrogens (tertiary/aromatic N) is 2. The van der Waals surface area contributed by atoms with Crippen LogP contribution in [0.4, 0.5) is 5.82 Å². The highest BCUT2D eigenvalue weighted by molar-refractivity contribution is 5.91. The maximum atomic E-state index is 11.8. The van der Waals surface area contributed by atoms with Gasteiger partial charge in [0, 0.05) is 0 Å². The Bertz CT molecular complexity index is 389. The lowest BCUT2D eigenvalue weighted by Crippen LogP contribution is -3.15. The van der Waals surface area contributed by atoms with Gasteiger partial charge >= 0.3 is 5.88 Å². The first-order valence-corrected chi connectivity index (χ1v) is 5.96. The largest absolute Gasteiger partial charge is 0.473 e. The molecule has 8 nitrogen and oxygen atoms in total. The molecule has 1 aliphatic rings. The van der Waals surface area contributed by atoms with E-state index in [1.165, 1.54) is 4.90 Å². The van der Waals surface area contributed by atoms with E-state index in [1.54, 1.807) is 0 Å². The van der Waals surface area contributed by atoms with Crippen molar-refractivity contribution in [3.8, 4) is 5.88 Å². The molecule has 0 radical (unpaired) electrons. The van der Waals surface area contributed by atoms with E-state index in [9.17, 15) is 4.79 Å². The molecule has 0 bridgehead atoms. The Kier molecular flexibility index (Phi) is 4.48. The van der Waals surface area contributed by atoms with Crippen molar-refractivity contribution in [1.82, 2.24) is 10.3 Å². The average Bonchev–Trinajstić information content (AvgIpc) is 2.78. The van der Waals surface area contributed by atoms with Gasteiger partial charge in [0.2, 0.25) is 5.82 Å². The zero-order chi connectivity index (χ0) is 12.8. The second-order valence-electron chi connectivity index (χ2n) is 3.94. The standard InChI is InChI=1S/C10H16N4O4/c1-2-17-10-9(12-18-13-10)11-8(15)7-14-3-5-16-6-4-14/h2-7H2,1H3,(H,11,12,15)/p+1. The third kappa shape index (κ3) is 3.41. The van der Waals surface area contributed by atoms with Gasteiger partial charge in [-0.1, -0.05) is 0 Å². The zero-order valence-electron chi connectivity index (χ0n) is 10.3. The number of aromatic nitrogens is 2. The first-order valence-electron chi connectivity index (χ1n) is 5.96. The quantitative estimate of drug-likeness (QED) is 0.655. The molecule has 2 rings (SSSR count). The normalized spacial score (nSPS) is 16.5. The summed E-state index contributed by atoms with van der Waals surface area (Å²) in [7, 11) is 0. The lowest BCUT2D eigenvalue weighted by Gasteiger charge is -2.22. The number of carbonyl (C=O) groups is 1. The van der Waals surface area contributed by atoms with Crippen LogP contribution in [0.25, 0.3) is 0 Å². The minimum Gasteiger partial charge on any atom is -0.473 e. The maximum absolute atomic E-state index is 11.8. The Hall–Kier alpha value is -1.67. The van der Waals surface area contributed by atoms with Crippen molar-refractivity contribution < 1.29 is 23.8 Å². The van der Waals surface area contributed by atoms with E-state index >= 15 is 0 Å². The second kappa shape index (κ2) is 6.31. The Labute approximate surface area is 104 Å². The Balaban J connectivity index is 1.84.